The molecule has 1 rings (SSSR count). The van der Waals surface area contributed by atoms with Crippen LogP contribution in [-0.4, -0.2) is 19.1 Å². The van der Waals surface area contributed by atoms with Gasteiger partial charge in [-0.15, -0.1) is 6.58 Å². The highest BCUT2D eigenvalue weighted by Gasteiger charge is 2.06. The smallest absolute Gasteiger partial charge is 0.257 e. The van der Waals surface area contributed by atoms with E-state index in [1.54, 1.807) is 18.2 Å². The van der Waals surface area contributed by atoms with Crippen molar-refractivity contribution in [2.75, 3.05) is 18.9 Å². The van der Waals surface area contributed by atoms with Crippen LogP contribution in [0.2, 0.25) is 0 Å². The van der Waals surface area contributed by atoms with Crippen molar-refractivity contribution in [3.05, 3.63) is 36.4 Å². The standard InChI is InChI=1S/C15H22N2O2/c1-3-5-9-17-15(18)11-19-14-8-7-13(16)10-12(14)6-4-2/h4,7-8,10H,2-3,5-6,9,11,16H2,1H3,(H,17,18). The first-order valence-electron chi connectivity index (χ1n) is 6.56. The van der Waals surface area contributed by atoms with Gasteiger partial charge in [-0.05, 0) is 36.6 Å². The fourth-order valence-corrected chi connectivity index (χ4v) is 1.65. The maximum Gasteiger partial charge on any atom is 0.257 e. The zero-order valence-electron chi connectivity index (χ0n) is 11.4. The van der Waals surface area contributed by atoms with Gasteiger partial charge in [0.1, 0.15) is 5.75 Å². The number of allylic oxidation sites excluding steroid dienone is 1. The molecule has 3 N–H and O–H groups in total. The van der Waals surface area contributed by atoms with Crippen LogP contribution in [-0.2, 0) is 11.2 Å². The summed E-state index contributed by atoms with van der Waals surface area (Å²) in [5.74, 6) is 0.578. The van der Waals surface area contributed by atoms with Crippen molar-refractivity contribution in [3.63, 3.8) is 0 Å². The van der Waals surface area contributed by atoms with Crippen LogP contribution in [0, 0.1) is 0 Å². The lowest BCUT2D eigenvalue weighted by Gasteiger charge is -2.11. The Morgan fingerprint density at radius 3 is 3.00 bits per heavy atom. The molecule has 0 spiro atoms. The molecule has 0 aliphatic heterocycles. The fourth-order valence-electron chi connectivity index (χ4n) is 1.65. The number of carbonyl (C=O) groups is 1. The number of nitrogen functional groups attached to an aromatic ring is 1. The summed E-state index contributed by atoms with van der Waals surface area (Å²) in [7, 11) is 0. The van der Waals surface area contributed by atoms with Gasteiger partial charge in [0.2, 0.25) is 0 Å². The molecular weight excluding hydrogens is 240 g/mol. The first-order valence-corrected chi connectivity index (χ1v) is 6.56. The minimum atomic E-state index is -0.102. The van der Waals surface area contributed by atoms with Crippen LogP contribution in [0.15, 0.2) is 30.9 Å². The molecular formula is C15H22N2O2. The molecule has 4 heteroatoms. The summed E-state index contributed by atoms with van der Waals surface area (Å²) in [6.07, 6.45) is 4.48. The average molecular weight is 262 g/mol. The lowest BCUT2D eigenvalue weighted by atomic mass is 10.1. The van der Waals surface area contributed by atoms with E-state index in [0.29, 0.717) is 24.4 Å². The third-order valence-electron chi connectivity index (χ3n) is 2.66. The number of benzene rings is 1. The molecule has 1 amide bonds. The van der Waals surface area contributed by atoms with E-state index in [1.807, 2.05) is 6.07 Å². The summed E-state index contributed by atoms with van der Waals surface area (Å²) in [6, 6.07) is 5.39. The number of hydrogen-bond acceptors (Lipinski definition) is 3. The SMILES string of the molecule is C=CCc1cc(N)ccc1OCC(=O)NCCCC. The van der Waals surface area contributed by atoms with Crippen LogP contribution in [0.25, 0.3) is 0 Å². The van der Waals surface area contributed by atoms with Crippen LogP contribution < -0.4 is 15.8 Å². The highest BCUT2D eigenvalue weighted by atomic mass is 16.5. The third kappa shape index (κ3) is 5.46. The van der Waals surface area contributed by atoms with Gasteiger partial charge in [0.25, 0.3) is 5.91 Å². The minimum absolute atomic E-state index is 0.0256. The Kier molecular flexibility index (Phi) is 6.50. The van der Waals surface area contributed by atoms with E-state index >= 15 is 0 Å². The Hall–Kier alpha value is -1.97. The Morgan fingerprint density at radius 2 is 2.32 bits per heavy atom. The minimum Gasteiger partial charge on any atom is -0.483 e. The second kappa shape index (κ2) is 8.19. The third-order valence-corrected chi connectivity index (χ3v) is 2.66. The lowest BCUT2D eigenvalue weighted by molar-refractivity contribution is -0.123. The van der Waals surface area contributed by atoms with Crippen LogP contribution >= 0.6 is 0 Å². The summed E-state index contributed by atoms with van der Waals surface area (Å²) >= 11 is 0. The summed E-state index contributed by atoms with van der Waals surface area (Å²) in [5, 5.41) is 2.81. The fraction of sp³-hybridized carbons (Fsp3) is 0.400. The van der Waals surface area contributed by atoms with E-state index < -0.39 is 0 Å². The Balaban J connectivity index is 2.52. The summed E-state index contributed by atoms with van der Waals surface area (Å²) in [5.41, 5.74) is 7.34. The van der Waals surface area contributed by atoms with Crippen molar-refractivity contribution in [3.8, 4) is 5.75 Å². The zero-order valence-corrected chi connectivity index (χ0v) is 11.4. The van der Waals surface area contributed by atoms with E-state index in [0.717, 1.165) is 18.4 Å². The normalized spacial score (nSPS) is 9.95. The number of anilines is 1. The van der Waals surface area contributed by atoms with Crippen LogP contribution in [0.5, 0.6) is 5.75 Å². The van der Waals surface area contributed by atoms with Gasteiger partial charge in [-0.2, -0.15) is 0 Å². The van der Waals surface area contributed by atoms with Gasteiger partial charge in [0.05, 0.1) is 0 Å². The Bertz CT molecular complexity index is 430. The summed E-state index contributed by atoms with van der Waals surface area (Å²) in [4.78, 5) is 11.5. The van der Waals surface area contributed by atoms with Gasteiger partial charge in [0.15, 0.2) is 6.61 Å². The van der Waals surface area contributed by atoms with E-state index in [9.17, 15) is 4.79 Å². The molecule has 0 aliphatic rings. The second-order valence-corrected chi connectivity index (χ2v) is 4.35. The van der Waals surface area contributed by atoms with E-state index in [2.05, 4.69) is 18.8 Å². The maximum absolute atomic E-state index is 11.5. The van der Waals surface area contributed by atoms with E-state index in [4.69, 9.17) is 10.5 Å². The summed E-state index contributed by atoms with van der Waals surface area (Å²) < 4.78 is 5.52. The van der Waals surface area contributed by atoms with Gasteiger partial charge in [-0.1, -0.05) is 19.4 Å². The first-order chi connectivity index (χ1) is 9.17. The van der Waals surface area contributed by atoms with Gasteiger partial charge in [-0.25, -0.2) is 0 Å². The van der Waals surface area contributed by atoms with Crippen LogP contribution in [0.4, 0.5) is 5.69 Å². The molecule has 1 aromatic carbocycles. The predicted octanol–water partition coefficient (Wildman–Crippen LogP) is 2.29. The lowest BCUT2D eigenvalue weighted by Crippen LogP contribution is -2.29. The quantitative estimate of drug-likeness (QED) is 0.429. The number of carbonyl (C=O) groups excluding carboxylic acids is 1. The number of hydrogen-bond donors (Lipinski definition) is 2. The average Bonchev–Trinajstić information content (AvgIpc) is 2.38. The van der Waals surface area contributed by atoms with Gasteiger partial charge in [-0.3, -0.25) is 4.79 Å². The first kappa shape index (κ1) is 15.1. The maximum atomic E-state index is 11.5. The van der Waals surface area contributed by atoms with Crippen molar-refractivity contribution >= 4 is 11.6 Å². The Morgan fingerprint density at radius 1 is 1.53 bits per heavy atom. The van der Waals surface area contributed by atoms with Gasteiger partial charge >= 0.3 is 0 Å². The largest absolute Gasteiger partial charge is 0.483 e. The van der Waals surface area contributed by atoms with Crippen molar-refractivity contribution in [1.29, 1.82) is 0 Å². The highest BCUT2D eigenvalue weighted by Crippen LogP contribution is 2.22. The molecule has 0 aromatic heterocycles. The molecule has 0 bridgehead atoms. The van der Waals surface area contributed by atoms with Crippen molar-refractivity contribution in [1.82, 2.24) is 5.32 Å². The molecule has 0 saturated carbocycles. The van der Waals surface area contributed by atoms with Crippen LogP contribution in [0.3, 0.4) is 0 Å². The Labute approximate surface area is 114 Å². The number of unbranched alkanes of at least 4 members (excludes halogenated alkanes) is 1. The number of nitrogens with one attached hydrogen (secondary N) is 1. The highest BCUT2D eigenvalue weighted by molar-refractivity contribution is 5.77. The van der Waals surface area contributed by atoms with Crippen molar-refractivity contribution in [2.45, 2.75) is 26.2 Å². The second-order valence-electron chi connectivity index (χ2n) is 4.35. The molecule has 0 atom stereocenters. The summed E-state index contributed by atoms with van der Waals surface area (Å²) in [6.45, 7) is 6.50. The molecule has 19 heavy (non-hydrogen) atoms. The molecule has 0 aliphatic carbocycles. The number of amides is 1. The molecule has 0 radical (unpaired) electrons. The monoisotopic (exact) mass is 262 g/mol. The molecule has 4 nitrogen and oxygen atoms in total. The number of nitrogens with two attached hydrogens (primary N) is 1. The number of ether oxygens (including phenoxy) is 1. The molecule has 0 unspecified atom stereocenters. The molecule has 0 saturated heterocycles. The molecule has 104 valence electrons. The molecule has 1 aromatic rings. The number of rotatable bonds is 8. The zero-order chi connectivity index (χ0) is 14.1. The van der Waals surface area contributed by atoms with E-state index in [-0.39, 0.29) is 12.5 Å². The van der Waals surface area contributed by atoms with Crippen LogP contribution in [0.1, 0.15) is 25.3 Å². The van der Waals surface area contributed by atoms with Crippen molar-refractivity contribution < 1.29 is 9.53 Å². The molecule has 0 fully saturated rings. The topological polar surface area (TPSA) is 64.3 Å². The van der Waals surface area contributed by atoms with Gasteiger partial charge in [0, 0.05) is 12.2 Å². The predicted molar refractivity (Wildman–Crippen MR) is 78.2 cm³/mol. The van der Waals surface area contributed by atoms with E-state index in [1.165, 1.54) is 0 Å². The molecule has 0 heterocycles. The van der Waals surface area contributed by atoms with Crippen molar-refractivity contribution in [2.24, 2.45) is 0 Å². The van der Waals surface area contributed by atoms with Gasteiger partial charge < -0.3 is 15.8 Å².